The van der Waals surface area contributed by atoms with Gasteiger partial charge < -0.3 is 10.1 Å². The highest BCUT2D eigenvalue weighted by Gasteiger charge is 2.24. The number of nitrogens with zero attached hydrogens (tertiary/aromatic N) is 2. The van der Waals surface area contributed by atoms with E-state index in [9.17, 15) is 4.79 Å². The Balaban J connectivity index is 1.81. The first kappa shape index (κ1) is 12.6. The van der Waals surface area contributed by atoms with Gasteiger partial charge in [-0.3, -0.25) is 5.32 Å². The second-order valence-electron chi connectivity index (χ2n) is 4.62. The van der Waals surface area contributed by atoms with Crippen molar-refractivity contribution in [3.63, 3.8) is 0 Å². The molecule has 1 atom stereocenters. The molecule has 1 aromatic rings. The van der Waals surface area contributed by atoms with Crippen LogP contribution in [0.2, 0.25) is 0 Å². The fourth-order valence-corrected chi connectivity index (χ4v) is 1.81. The Labute approximate surface area is 106 Å². The quantitative estimate of drug-likeness (QED) is 0.835. The number of carbonyl (C=O) groups is 1. The summed E-state index contributed by atoms with van der Waals surface area (Å²) in [6.45, 7) is 2.01. The largest absolute Gasteiger partial charge is 0.481 e. The van der Waals surface area contributed by atoms with Crippen LogP contribution in [-0.4, -0.2) is 29.2 Å². The summed E-state index contributed by atoms with van der Waals surface area (Å²) in [5.74, 6) is 1.64. The third-order valence-electron chi connectivity index (χ3n) is 2.85. The molecule has 6 nitrogen and oxygen atoms in total. The zero-order valence-corrected chi connectivity index (χ0v) is 10.6. The maximum Gasteiger partial charge on any atom is 0.320 e. The highest BCUT2D eigenvalue weighted by atomic mass is 16.5. The lowest BCUT2D eigenvalue weighted by molar-refractivity contribution is 0.248. The van der Waals surface area contributed by atoms with Gasteiger partial charge in [-0.2, -0.15) is 0 Å². The zero-order valence-electron chi connectivity index (χ0n) is 10.6. The number of methoxy groups -OCH3 is 1. The first-order valence-corrected chi connectivity index (χ1v) is 6.11. The third-order valence-corrected chi connectivity index (χ3v) is 2.85. The number of hydrogen-bond donors (Lipinski definition) is 2. The van der Waals surface area contributed by atoms with Crippen molar-refractivity contribution in [3.8, 4) is 5.88 Å². The minimum absolute atomic E-state index is 0.182. The Hall–Kier alpha value is -1.85. The topological polar surface area (TPSA) is 76.1 Å². The van der Waals surface area contributed by atoms with Crippen molar-refractivity contribution >= 4 is 11.8 Å². The fourth-order valence-electron chi connectivity index (χ4n) is 1.81. The Morgan fingerprint density at radius 3 is 3.00 bits per heavy atom. The number of ether oxygens (including phenoxy) is 1. The van der Waals surface area contributed by atoms with Gasteiger partial charge >= 0.3 is 6.03 Å². The predicted octanol–water partition coefficient (Wildman–Crippen LogP) is 1.80. The van der Waals surface area contributed by atoms with Crippen molar-refractivity contribution in [2.75, 3.05) is 12.4 Å². The van der Waals surface area contributed by atoms with E-state index in [-0.39, 0.29) is 12.1 Å². The molecular weight excluding hydrogens is 232 g/mol. The molecule has 1 aromatic heterocycles. The fraction of sp³-hybridized carbons (Fsp3) is 0.583. The van der Waals surface area contributed by atoms with Gasteiger partial charge in [-0.05, 0) is 19.3 Å². The maximum absolute atomic E-state index is 11.7. The van der Waals surface area contributed by atoms with Crippen LogP contribution in [0, 0.1) is 5.92 Å². The number of nitrogens with one attached hydrogen (secondary N) is 2. The van der Waals surface area contributed by atoms with Gasteiger partial charge in [0.25, 0.3) is 0 Å². The summed E-state index contributed by atoms with van der Waals surface area (Å²) >= 11 is 0. The first-order chi connectivity index (χ1) is 8.67. The molecule has 1 aliphatic rings. The van der Waals surface area contributed by atoms with Crippen LogP contribution in [0.4, 0.5) is 10.6 Å². The molecule has 1 heterocycles. The lowest BCUT2D eigenvalue weighted by atomic mass is 10.2. The first-order valence-electron chi connectivity index (χ1n) is 6.11. The molecular formula is C12H18N4O2. The van der Waals surface area contributed by atoms with E-state index in [2.05, 4.69) is 20.6 Å². The van der Waals surface area contributed by atoms with E-state index in [1.165, 1.54) is 26.3 Å². The molecule has 0 spiro atoms. The van der Waals surface area contributed by atoms with Crippen LogP contribution in [0.5, 0.6) is 5.88 Å². The van der Waals surface area contributed by atoms with Crippen LogP contribution in [-0.2, 0) is 0 Å². The van der Waals surface area contributed by atoms with Crippen molar-refractivity contribution in [2.45, 2.75) is 32.2 Å². The van der Waals surface area contributed by atoms with Gasteiger partial charge in [-0.1, -0.05) is 12.8 Å². The molecule has 6 heteroatoms. The van der Waals surface area contributed by atoms with Crippen molar-refractivity contribution in [1.29, 1.82) is 0 Å². The van der Waals surface area contributed by atoms with Crippen molar-refractivity contribution in [2.24, 2.45) is 5.92 Å². The van der Waals surface area contributed by atoms with Crippen LogP contribution >= 0.6 is 0 Å². The summed E-state index contributed by atoms with van der Waals surface area (Å²) in [5.41, 5.74) is 0. The van der Waals surface area contributed by atoms with Crippen LogP contribution in [0.15, 0.2) is 12.4 Å². The normalized spacial score (nSPS) is 15.9. The van der Waals surface area contributed by atoms with Crippen LogP contribution in [0.25, 0.3) is 0 Å². The van der Waals surface area contributed by atoms with E-state index >= 15 is 0 Å². The van der Waals surface area contributed by atoms with Crippen LogP contribution in [0.3, 0.4) is 0 Å². The number of anilines is 1. The molecule has 2 rings (SSSR count). The molecule has 1 aliphatic carbocycles. The lowest BCUT2D eigenvalue weighted by Crippen LogP contribution is -2.36. The number of carbonyl (C=O) groups excluding carboxylic acids is 1. The van der Waals surface area contributed by atoms with Crippen molar-refractivity contribution in [1.82, 2.24) is 15.3 Å². The summed E-state index contributed by atoms with van der Waals surface area (Å²) in [7, 11) is 1.52. The van der Waals surface area contributed by atoms with Crippen LogP contribution < -0.4 is 15.4 Å². The molecule has 18 heavy (non-hydrogen) atoms. The molecule has 2 N–H and O–H groups in total. The van der Waals surface area contributed by atoms with Gasteiger partial charge in [0.2, 0.25) is 5.88 Å². The third kappa shape index (κ3) is 3.87. The summed E-state index contributed by atoms with van der Waals surface area (Å²) in [5, 5.41) is 5.55. The SMILES string of the molecule is COc1cc(NC(=O)N[C@@H](C)CC2CC2)ncn1. The predicted molar refractivity (Wildman–Crippen MR) is 67.5 cm³/mol. The molecule has 0 aromatic carbocycles. The molecule has 98 valence electrons. The Morgan fingerprint density at radius 1 is 1.56 bits per heavy atom. The number of urea groups is 1. The standard InChI is InChI=1S/C12H18N4O2/c1-8(5-9-3-4-9)15-12(17)16-10-6-11(18-2)14-7-13-10/h6-9H,3-5H2,1-2H3,(H2,13,14,15,16,17)/t8-/m0/s1. The Bertz CT molecular complexity index is 420. The molecule has 0 unspecified atom stereocenters. The molecule has 1 fully saturated rings. The lowest BCUT2D eigenvalue weighted by Gasteiger charge is -2.13. The second kappa shape index (κ2) is 5.66. The summed E-state index contributed by atoms with van der Waals surface area (Å²) < 4.78 is 4.96. The highest BCUT2D eigenvalue weighted by Crippen LogP contribution is 2.33. The molecule has 2 amide bonds. The van der Waals surface area contributed by atoms with Gasteiger partial charge in [0.15, 0.2) is 0 Å². The van der Waals surface area contributed by atoms with E-state index < -0.39 is 0 Å². The minimum atomic E-state index is -0.246. The number of amides is 2. The van der Waals surface area contributed by atoms with Crippen molar-refractivity contribution in [3.05, 3.63) is 12.4 Å². The van der Waals surface area contributed by atoms with Crippen molar-refractivity contribution < 1.29 is 9.53 Å². The molecule has 0 bridgehead atoms. The maximum atomic E-state index is 11.7. The highest BCUT2D eigenvalue weighted by molar-refractivity contribution is 5.88. The Kier molecular flexibility index (Phi) is 3.96. The number of rotatable bonds is 5. The number of hydrogen-bond acceptors (Lipinski definition) is 4. The number of aromatic nitrogens is 2. The monoisotopic (exact) mass is 250 g/mol. The van der Waals surface area contributed by atoms with Gasteiger partial charge in [-0.15, -0.1) is 0 Å². The van der Waals surface area contributed by atoms with E-state index in [0.29, 0.717) is 11.7 Å². The van der Waals surface area contributed by atoms with E-state index in [0.717, 1.165) is 12.3 Å². The average Bonchev–Trinajstić information content (AvgIpc) is 3.12. The molecule has 0 radical (unpaired) electrons. The summed E-state index contributed by atoms with van der Waals surface area (Å²) in [6.07, 6.45) is 4.97. The summed E-state index contributed by atoms with van der Waals surface area (Å²) in [6, 6.07) is 1.51. The smallest absolute Gasteiger partial charge is 0.320 e. The van der Waals surface area contributed by atoms with Gasteiger partial charge in [-0.25, -0.2) is 14.8 Å². The minimum Gasteiger partial charge on any atom is -0.481 e. The van der Waals surface area contributed by atoms with Gasteiger partial charge in [0.05, 0.1) is 7.11 Å². The van der Waals surface area contributed by atoms with E-state index in [1.807, 2.05) is 6.92 Å². The van der Waals surface area contributed by atoms with E-state index in [1.54, 1.807) is 6.07 Å². The van der Waals surface area contributed by atoms with Gasteiger partial charge in [0.1, 0.15) is 12.1 Å². The van der Waals surface area contributed by atoms with Gasteiger partial charge in [0, 0.05) is 12.1 Å². The summed E-state index contributed by atoms with van der Waals surface area (Å²) in [4.78, 5) is 19.5. The molecule has 1 saturated carbocycles. The zero-order chi connectivity index (χ0) is 13.0. The Morgan fingerprint density at radius 2 is 2.33 bits per heavy atom. The van der Waals surface area contributed by atoms with E-state index in [4.69, 9.17) is 4.74 Å². The second-order valence-corrected chi connectivity index (χ2v) is 4.62. The van der Waals surface area contributed by atoms with Crippen LogP contribution in [0.1, 0.15) is 26.2 Å². The molecule has 0 aliphatic heterocycles. The molecule has 0 saturated heterocycles. The average molecular weight is 250 g/mol.